The maximum absolute atomic E-state index is 13.9. The lowest BCUT2D eigenvalue weighted by molar-refractivity contribution is 0.194. The Kier molecular flexibility index (Phi) is 5.90. The number of hydrogen-bond acceptors (Lipinski definition) is 3. The highest BCUT2D eigenvalue weighted by atomic mass is 35.5. The van der Waals surface area contributed by atoms with Crippen molar-refractivity contribution in [1.29, 1.82) is 0 Å². The van der Waals surface area contributed by atoms with Crippen LogP contribution in [-0.4, -0.2) is 29.7 Å². The minimum atomic E-state index is -0.402. The van der Waals surface area contributed by atoms with Crippen LogP contribution in [0.3, 0.4) is 0 Å². The molecule has 4 aromatic rings. The van der Waals surface area contributed by atoms with Gasteiger partial charge >= 0.3 is 6.03 Å². The SMILES string of the molecule is COc1ccc(NC(=O)N2Cc3ccccc3-n3cccc3C2c2ccccc2Cl)c(OC)c1. The molecular formula is C27H24ClN3O3. The maximum atomic E-state index is 13.9. The molecule has 6 nitrogen and oxygen atoms in total. The minimum Gasteiger partial charge on any atom is -0.497 e. The lowest BCUT2D eigenvalue weighted by Gasteiger charge is -2.31. The van der Waals surface area contributed by atoms with Crippen LogP contribution in [0.2, 0.25) is 5.02 Å². The van der Waals surface area contributed by atoms with Crippen LogP contribution >= 0.6 is 11.6 Å². The van der Waals surface area contributed by atoms with Gasteiger partial charge in [-0.1, -0.05) is 48.0 Å². The van der Waals surface area contributed by atoms with Crippen LogP contribution in [0.25, 0.3) is 5.69 Å². The summed E-state index contributed by atoms with van der Waals surface area (Å²) in [6.45, 7) is 0.401. The van der Waals surface area contributed by atoms with Crippen molar-refractivity contribution in [2.75, 3.05) is 19.5 Å². The number of hydrogen-bond donors (Lipinski definition) is 1. The zero-order valence-electron chi connectivity index (χ0n) is 18.9. The average Bonchev–Trinajstić information content (AvgIpc) is 3.29. The van der Waals surface area contributed by atoms with E-state index >= 15 is 0 Å². The predicted molar refractivity (Wildman–Crippen MR) is 133 cm³/mol. The van der Waals surface area contributed by atoms with E-state index in [9.17, 15) is 4.79 Å². The maximum Gasteiger partial charge on any atom is 0.323 e. The third-order valence-corrected chi connectivity index (χ3v) is 6.42. The van der Waals surface area contributed by atoms with E-state index in [0.717, 1.165) is 22.5 Å². The van der Waals surface area contributed by atoms with E-state index in [1.54, 1.807) is 32.4 Å². The van der Waals surface area contributed by atoms with E-state index in [0.29, 0.717) is 28.8 Å². The molecule has 2 heterocycles. The number of rotatable bonds is 4. The number of aromatic nitrogens is 1. The Morgan fingerprint density at radius 2 is 1.76 bits per heavy atom. The molecule has 5 rings (SSSR count). The summed E-state index contributed by atoms with van der Waals surface area (Å²) >= 11 is 6.67. The van der Waals surface area contributed by atoms with Gasteiger partial charge in [-0.2, -0.15) is 0 Å². The molecule has 172 valence electrons. The van der Waals surface area contributed by atoms with Gasteiger partial charge in [0.1, 0.15) is 17.5 Å². The van der Waals surface area contributed by atoms with Crippen LogP contribution in [0.15, 0.2) is 85.1 Å². The summed E-state index contributed by atoms with van der Waals surface area (Å²) in [4.78, 5) is 15.7. The van der Waals surface area contributed by atoms with Crippen LogP contribution in [-0.2, 0) is 6.54 Å². The fourth-order valence-electron chi connectivity index (χ4n) is 4.45. The Hall–Kier alpha value is -3.90. The molecule has 1 unspecified atom stereocenters. The first-order valence-electron chi connectivity index (χ1n) is 10.9. The Morgan fingerprint density at radius 3 is 2.56 bits per heavy atom. The third kappa shape index (κ3) is 3.86. The van der Waals surface area contributed by atoms with Crippen LogP contribution < -0.4 is 14.8 Å². The van der Waals surface area contributed by atoms with E-state index in [1.807, 2.05) is 65.7 Å². The smallest absolute Gasteiger partial charge is 0.323 e. The summed E-state index contributed by atoms with van der Waals surface area (Å²) in [5.41, 5.74) is 4.44. The number of amides is 2. The van der Waals surface area contributed by atoms with E-state index in [-0.39, 0.29) is 6.03 Å². The summed E-state index contributed by atoms with van der Waals surface area (Å²) in [7, 11) is 3.15. The van der Waals surface area contributed by atoms with Crippen LogP contribution in [0.4, 0.5) is 10.5 Å². The molecule has 0 spiro atoms. The minimum absolute atomic E-state index is 0.266. The topological polar surface area (TPSA) is 55.7 Å². The highest BCUT2D eigenvalue weighted by Gasteiger charge is 2.34. The Bertz CT molecular complexity index is 1350. The fourth-order valence-corrected chi connectivity index (χ4v) is 4.69. The molecule has 0 saturated heterocycles. The van der Waals surface area contributed by atoms with Crippen molar-refractivity contribution in [2.45, 2.75) is 12.6 Å². The third-order valence-electron chi connectivity index (χ3n) is 6.07. The zero-order chi connectivity index (χ0) is 23.7. The molecule has 2 amide bonds. The number of nitrogens with zero attached hydrogens (tertiary/aromatic N) is 2. The van der Waals surface area contributed by atoms with Crippen molar-refractivity contribution in [3.8, 4) is 17.2 Å². The molecule has 34 heavy (non-hydrogen) atoms. The number of methoxy groups -OCH3 is 2. The monoisotopic (exact) mass is 473 g/mol. The molecule has 1 aliphatic heterocycles. The Balaban J connectivity index is 1.62. The van der Waals surface area contributed by atoms with E-state index in [2.05, 4.69) is 16.0 Å². The van der Waals surface area contributed by atoms with E-state index in [1.165, 1.54) is 0 Å². The molecule has 1 atom stereocenters. The lowest BCUT2D eigenvalue weighted by Crippen LogP contribution is -2.38. The lowest BCUT2D eigenvalue weighted by atomic mass is 10.0. The number of ether oxygens (including phenoxy) is 2. The number of carbonyl (C=O) groups excluding carboxylic acids is 1. The summed E-state index contributed by atoms with van der Waals surface area (Å²) in [5.74, 6) is 1.16. The van der Waals surface area contributed by atoms with E-state index in [4.69, 9.17) is 21.1 Å². The molecule has 1 N–H and O–H groups in total. The summed E-state index contributed by atoms with van der Waals surface area (Å²) in [5, 5.41) is 3.64. The molecule has 0 fully saturated rings. The highest BCUT2D eigenvalue weighted by Crippen LogP contribution is 2.40. The zero-order valence-corrected chi connectivity index (χ0v) is 19.6. The van der Waals surface area contributed by atoms with Crippen LogP contribution in [0.1, 0.15) is 22.9 Å². The van der Waals surface area contributed by atoms with Gasteiger partial charge in [0.25, 0.3) is 0 Å². The molecule has 7 heteroatoms. The normalized spacial score (nSPS) is 14.6. The number of anilines is 1. The first kappa shape index (κ1) is 21.9. The molecule has 3 aromatic carbocycles. The van der Waals surface area contributed by atoms with Crippen molar-refractivity contribution in [1.82, 2.24) is 9.47 Å². The molecule has 0 radical (unpaired) electrons. The molecule has 1 aromatic heterocycles. The van der Waals surface area contributed by atoms with Crippen molar-refractivity contribution < 1.29 is 14.3 Å². The van der Waals surface area contributed by atoms with Crippen molar-refractivity contribution in [3.63, 3.8) is 0 Å². The number of fused-ring (bicyclic) bond motifs is 3. The van der Waals surface area contributed by atoms with Gasteiger partial charge in [0, 0.05) is 17.3 Å². The number of carbonyl (C=O) groups is 1. The second-order valence-electron chi connectivity index (χ2n) is 7.98. The van der Waals surface area contributed by atoms with Gasteiger partial charge in [0.05, 0.1) is 37.8 Å². The number of urea groups is 1. The van der Waals surface area contributed by atoms with Gasteiger partial charge < -0.3 is 24.3 Å². The number of nitrogens with one attached hydrogen (secondary N) is 1. The largest absolute Gasteiger partial charge is 0.497 e. The number of benzene rings is 3. The van der Waals surface area contributed by atoms with Gasteiger partial charge in [-0.05, 0) is 47.5 Å². The Labute approximate surface area is 203 Å². The molecule has 0 bridgehead atoms. The van der Waals surface area contributed by atoms with Gasteiger partial charge in [0.2, 0.25) is 0 Å². The van der Waals surface area contributed by atoms with Crippen molar-refractivity contribution in [3.05, 3.63) is 107 Å². The molecule has 1 aliphatic rings. The fraction of sp³-hybridized carbons (Fsp3) is 0.148. The van der Waals surface area contributed by atoms with Gasteiger partial charge in [-0.3, -0.25) is 0 Å². The van der Waals surface area contributed by atoms with Crippen LogP contribution in [0, 0.1) is 0 Å². The summed E-state index contributed by atoms with van der Waals surface area (Å²) in [6, 6.07) is 24.4. The van der Waals surface area contributed by atoms with Crippen LogP contribution in [0.5, 0.6) is 11.5 Å². The van der Waals surface area contributed by atoms with Gasteiger partial charge in [-0.25, -0.2) is 4.79 Å². The standard InChI is InChI=1S/C27H24ClN3O3/c1-33-19-13-14-22(25(16-19)34-2)29-27(32)31-17-18-8-3-6-11-23(18)30-15-7-12-24(30)26(31)20-9-4-5-10-21(20)28/h3-16,26H,17H2,1-2H3,(H,29,32). The second-order valence-corrected chi connectivity index (χ2v) is 8.39. The quantitative estimate of drug-likeness (QED) is 0.379. The highest BCUT2D eigenvalue weighted by molar-refractivity contribution is 6.31. The molecule has 0 aliphatic carbocycles. The first-order chi connectivity index (χ1) is 16.6. The molecule has 0 saturated carbocycles. The van der Waals surface area contributed by atoms with Crippen molar-refractivity contribution >= 4 is 23.3 Å². The molecular weight excluding hydrogens is 450 g/mol. The van der Waals surface area contributed by atoms with Gasteiger partial charge in [-0.15, -0.1) is 0 Å². The first-order valence-corrected chi connectivity index (χ1v) is 11.3. The summed E-state index contributed by atoms with van der Waals surface area (Å²) < 4.78 is 12.9. The van der Waals surface area contributed by atoms with Gasteiger partial charge in [0.15, 0.2) is 0 Å². The summed E-state index contributed by atoms with van der Waals surface area (Å²) in [6.07, 6.45) is 2.02. The Morgan fingerprint density at radius 1 is 0.971 bits per heavy atom. The number of para-hydroxylation sites is 1. The average molecular weight is 474 g/mol. The second kappa shape index (κ2) is 9.15. The van der Waals surface area contributed by atoms with Crippen molar-refractivity contribution in [2.24, 2.45) is 0 Å². The van der Waals surface area contributed by atoms with E-state index < -0.39 is 6.04 Å². The predicted octanol–water partition coefficient (Wildman–Crippen LogP) is 6.29. The number of halogens is 1.